The zero-order chi connectivity index (χ0) is 4.28. The van der Waals surface area contributed by atoms with Crippen LogP contribution in [0.15, 0.2) is 0 Å². The number of hydrogen-bond acceptors (Lipinski definition) is 2. The van der Waals surface area contributed by atoms with E-state index in [2.05, 4.69) is 0 Å². The van der Waals surface area contributed by atoms with Gasteiger partial charge in [0, 0.05) is 0 Å². The van der Waals surface area contributed by atoms with Crippen LogP contribution in [0.4, 0.5) is 0 Å². The van der Waals surface area contributed by atoms with Crippen molar-refractivity contribution in [1.29, 1.82) is 0 Å². The summed E-state index contributed by atoms with van der Waals surface area (Å²) in [5.41, 5.74) is 0. The first kappa shape index (κ1) is 5.72. The summed E-state index contributed by atoms with van der Waals surface area (Å²) in [6.45, 7) is -0.0989. The van der Waals surface area contributed by atoms with E-state index in [1.165, 1.54) is 0 Å². The average Bonchev–Trinajstić information content (AvgIpc) is 1.38. The van der Waals surface area contributed by atoms with Crippen LogP contribution in [0.2, 0.25) is 0 Å². The Morgan fingerprint density at radius 1 is 1.80 bits per heavy atom. The van der Waals surface area contributed by atoms with Crippen molar-refractivity contribution in [3.8, 4) is 0 Å². The van der Waals surface area contributed by atoms with E-state index in [-0.39, 0.29) is 6.61 Å². The fourth-order valence-electron chi connectivity index (χ4n) is 0. The average molecular weight is 180 g/mol. The molecule has 0 fully saturated rings. The standard InChI is InChI=1S/C2H5O2.Sn/c3-1-2-4;/h1,3-4H,2H2;. The van der Waals surface area contributed by atoms with E-state index in [0.29, 0.717) is 0 Å². The summed E-state index contributed by atoms with van der Waals surface area (Å²) in [4.78, 5) is 0. The molecule has 2 nitrogen and oxygen atoms in total. The molecule has 0 aliphatic carbocycles. The topological polar surface area (TPSA) is 40.5 Å². The van der Waals surface area contributed by atoms with Gasteiger partial charge < -0.3 is 0 Å². The van der Waals surface area contributed by atoms with Crippen LogP contribution in [0.5, 0.6) is 0 Å². The first-order valence-corrected chi connectivity index (χ1v) is 2.92. The Morgan fingerprint density at radius 2 is 2.00 bits per heavy atom. The molecule has 1 atom stereocenters. The molecule has 0 aliphatic rings. The molecule has 0 amide bonds. The molecule has 0 saturated heterocycles. The predicted molar refractivity (Wildman–Crippen MR) is 18.8 cm³/mol. The molecule has 3 heteroatoms. The van der Waals surface area contributed by atoms with Gasteiger partial charge in [0.1, 0.15) is 0 Å². The van der Waals surface area contributed by atoms with Gasteiger partial charge in [-0.2, -0.15) is 0 Å². The normalized spacial score (nSPS) is 15.0. The van der Waals surface area contributed by atoms with E-state index in [9.17, 15) is 0 Å². The predicted octanol–water partition coefficient (Wildman–Crippen LogP) is -1.53. The third kappa shape index (κ3) is 4.72. The monoisotopic (exact) mass is 181 g/mol. The summed E-state index contributed by atoms with van der Waals surface area (Å²) in [5.74, 6) is 0. The molecule has 0 saturated carbocycles. The molecule has 5 heavy (non-hydrogen) atoms. The van der Waals surface area contributed by atoms with Gasteiger partial charge in [0.25, 0.3) is 0 Å². The second kappa shape index (κ2) is 2.93. The number of rotatable bonds is 1. The summed E-state index contributed by atoms with van der Waals surface area (Å²) in [7, 11) is 0. The molecule has 3 radical (unpaired) electrons. The van der Waals surface area contributed by atoms with Crippen molar-refractivity contribution in [3.05, 3.63) is 0 Å². The van der Waals surface area contributed by atoms with Crippen LogP contribution >= 0.6 is 0 Å². The van der Waals surface area contributed by atoms with Crippen LogP contribution in [-0.2, 0) is 0 Å². The van der Waals surface area contributed by atoms with E-state index >= 15 is 0 Å². The SMILES string of the molecule is OC[CH](O)[Sn]. The molecular formula is C2H5O2Sn. The molecule has 0 aromatic carbocycles. The third-order valence-corrected chi connectivity index (χ3v) is 0.694. The summed E-state index contributed by atoms with van der Waals surface area (Å²) in [6.07, 6.45) is 0. The first-order chi connectivity index (χ1) is 2.27. The van der Waals surface area contributed by atoms with Crippen LogP contribution in [0.25, 0.3) is 0 Å². The van der Waals surface area contributed by atoms with E-state index in [4.69, 9.17) is 10.2 Å². The molecule has 0 aliphatic heterocycles. The minimum absolute atomic E-state index is 0.0989. The molecule has 29 valence electrons. The van der Waals surface area contributed by atoms with Crippen LogP contribution in [0.3, 0.4) is 0 Å². The Bertz CT molecular complexity index is 21.6. The van der Waals surface area contributed by atoms with Gasteiger partial charge in [-0.05, 0) is 0 Å². The fraction of sp³-hybridized carbons (Fsp3) is 1.00. The van der Waals surface area contributed by atoms with Crippen molar-refractivity contribution in [2.45, 2.75) is 4.12 Å². The molecular weight excluding hydrogens is 175 g/mol. The molecule has 0 spiro atoms. The Labute approximate surface area is 43.9 Å². The Balaban J connectivity index is 2.54. The van der Waals surface area contributed by atoms with E-state index in [1.807, 2.05) is 0 Å². The molecule has 0 aromatic rings. The van der Waals surface area contributed by atoms with Gasteiger partial charge in [0.2, 0.25) is 0 Å². The van der Waals surface area contributed by atoms with Crippen LogP contribution in [0.1, 0.15) is 0 Å². The van der Waals surface area contributed by atoms with Crippen molar-refractivity contribution in [2.75, 3.05) is 6.61 Å². The fourth-order valence-corrected chi connectivity index (χ4v) is 0. The first-order valence-electron chi connectivity index (χ1n) is 1.27. The maximum atomic E-state index is 8.15. The zero-order valence-electron chi connectivity index (χ0n) is 2.68. The van der Waals surface area contributed by atoms with E-state index in [0.717, 1.165) is 22.5 Å². The van der Waals surface area contributed by atoms with Crippen molar-refractivity contribution < 1.29 is 10.2 Å². The quantitative estimate of drug-likeness (QED) is 0.480. The van der Waals surface area contributed by atoms with Crippen molar-refractivity contribution in [3.63, 3.8) is 0 Å². The Morgan fingerprint density at radius 3 is 2.00 bits per heavy atom. The van der Waals surface area contributed by atoms with Crippen LogP contribution in [-0.4, -0.2) is 43.5 Å². The Kier molecular flexibility index (Phi) is 3.35. The van der Waals surface area contributed by atoms with Crippen molar-refractivity contribution in [2.24, 2.45) is 0 Å². The summed E-state index contributed by atoms with van der Waals surface area (Å²) in [5, 5.41) is 16.1. The molecule has 0 bridgehead atoms. The van der Waals surface area contributed by atoms with Crippen molar-refractivity contribution >= 4 is 22.5 Å². The summed E-state index contributed by atoms with van der Waals surface area (Å²) in [6, 6.07) is 0. The number of aliphatic hydroxyl groups is 2. The molecule has 1 unspecified atom stereocenters. The van der Waals surface area contributed by atoms with Crippen molar-refractivity contribution in [1.82, 2.24) is 0 Å². The van der Waals surface area contributed by atoms with Gasteiger partial charge in [-0.3, -0.25) is 0 Å². The van der Waals surface area contributed by atoms with Gasteiger partial charge in [0.15, 0.2) is 0 Å². The van der Waals surface area contributed by atoms with Gasteiger partial charge in [-0.15, -0.1) is 0 Å². The van der Waals surface area contributed by atoms with Crippen LogP contribution in [0, 0.1) is 0 Å². The van der Waals surface area contributed by atoms with Gasteiger partial charge in [-0.1, -0.05) is 0 Å². The second-order valence-electron chi connectivity index (χ2n) is 0.698. The zero-order valence-corrected chi connectivity index (χ0v) is 5.53. The van der Waals surface area contributed by atoms with Gasteiger partial charge in [0.05, 0.1) is 0 Å². The van der Waals surface area contributed by atoms with Gasteiger partial charge in [-0.25, -0.2) is 0 Å². The molecule has 0 aromatic heterocycles. The minimum atomic E-state index is -0.470. The number of hydrogen-bond donors (Lipinski definition) is 2. The van der Waals surface area contributed by atoms with Gasteiger partial charge >= 0.3 is 43.5 Å². The molecule has 0 heterocycles. The number of aliphatic hydroxyl groups excluding tert-OH is 2. The molecule has 0 rings (SSSR count). The van der Waals surface area contributed by atoms with E-state index in [1.54, 1.807) is 0 Å². The summed E-state index contributed by atoms with van der Waals surface area (Å²) >= 11 is 0.975. The third-order valence-electron chi connectivity index (χ3n) is 0.173. The Hall–Kier alpha value is 0.719. The maximum absolute atomic E-state index is 8.15. The molecule has 2 N–H and O–H groups in total. The van der Waals surface area contributed by atoms with Crippen LogP contribution < -0.4 is 0 Å². The van der Waals surface area contributed by atoms with E-state index < -0.39 is 4.12 Å². The summed E-state index contributed by atoms with van der Waals surface area (Å²) < 4.78 is -0.470. The second-order valence-corrected chi connectivity index (χ2v) is 2.60.